The van der Waals surface area contributed by atoms with Gasteiger partial charge in [-0.1, -0.05) is 12.1 Å². The van der Waals surface area contributed by atoms with Crippen LogP contribution in [0.25, 0.3) is 0 Å². The van der Waals surface area contributed by atoms with Crippen molar-refractivity contribution < 1.29 is 5.76 Å². The molecule has 2 aromatic rings. The third-order valence-corrected chi connectivity index (χ3v) is 1.74. The van der Waals surface area contributed by atoms with Gasteiger partial charge < -0.3 is 0 Å². The summed E-state index contributed by atoms with van der Waals surface area (Å²) in [5, 5.41) is 3.90. The van der Waals surface area contributed by atoms with E-state index in [1.807, 2.05) is 6.07 Å². The van der Waals surface area contributed by atoms with Gasteiger partial charge in [0.05, 0.1) is 7.92 Å². The van der Waals surface area contributed by atoms with Crippen molar-refractivity contribution in [1.82, 2.24) is 9.78 Å². The Morgan fingerprint density at radius 3 is 3.08 bits per heavy atom. The summed E-state index contributed by atoms with van der Waals surface area (Å²) < 4.78 is 21.6. The molecule has 1 aromatic carbocycles. The fourth-order valence-electron chi connectivity index (χ4n) is 1.17. The number of benzene rings is 1. The van der Waals surface area contributed by atoms with Crippen LogP contribution in [0.2, 0.25) is 0 Å². The normalized spacial score (nSPS) is 11.3. The first-order chi connectivity index (χ1) is 6.74. The highest BCUT2D eigenvalue weighted by Gasteiger charge is 1.95. The maximum Gasteiger partial charge on any atom is 0.123 e. The molecule has 0 fully saturated rings. The van der Waals surface area contributed by atoms with Gasteiger partial charge in [-0.3, -0.25) is 4.68 Å². The van der Waals surface area contributed by atoms with E-state index in [-0.39, 0.29) is 12.0 Å². The summed E-state index contributed by atoms with van der Waals surface area (Å²) in [6, 6.07) is 7.96. The Hall–Kier alpha value is -1.64. The van der Waals surface area contributed by atoms with Crippen molar-refractivity contribution in [3.63, 3.8) is 0 Å². The molecule has 0 spiro atoms. The molecule has 0 amide bonds. The summed E-state index contributed by atoms with van der Waals surface area (Å²) in [5.74, 6) is -0.249. The van der Waals surface area contributed by atoms with Crippen molar-refractivity contribution in [3.8, 4) is 0 Å². The molecule has 1 aromatic heterocycles. The predicted octanol–water partition coefficient (Wildman–Crippen LogP) is 2.07. The molecule has 0 radical (unpaired) electrons. The van der Waals surface area contributed by atoms with Crippen molar-refractivity contribution in [3.05, 3.63) is 54.1 Å². The van der Waals surface area contributed by atoms with Crippen LogP contribution in [0.1, 0.15) is 6.93 Å². The largest absolute Gasteiger partial charge is 0.268 e. The molecule has 0 aliphatic heterocycles. The third-order valence-electron chi connectivity index (χ3n) is 1.74. The van der Waals surface area contributed by atoms with Gasteiger partial charge >= 0.3 is 0 Å². The number of nitrogens with zero attached hydrogens (tertiary/aromatic N) is 2. The first-order valence-corrected chi connectivity index (χ1v) is 3.98. The van der Waals surface area contributed by atoms with Gasteiger partial charge in [-0.25, -0.2) is 4.39 Å². The molecular weight excluding hydrogens is 167 g/mol. The van der Waals surface area contributed by atoms with Crippen LogP contribution in [-0.4, -0.2) is 9.78 Å². The van der Waals surface area contributed by atoms with Crippen LogP contribution in [0.15, 0.2) is 42.7 Å². The fraction of sp³-hybridized carbons (Fsp3) is 0.100. The van der Waals surface area contributed by atoms with Gasteiger partial charge in [0.2, 0.25) is 0 Å². The van der Waals surface area contributed by atoms with E-state index < -0.39 is 0 Å². The molecule has 3 heteroatoms. The molecule has 0 unspecified atom stereocenters. The van der Waals surface area contributed by atoms with Crippen LogP contribution in [0.3, 0.4) is 0 Å². The SMILES string of the molecule is [2H]c1ccn(Cc2cccc(F)c2)n1. The summed E-state index contributed by atoms with van der Waals surface area (Å²) in [6.07, 6.45) is 1.93. The molecule has 0 aliphatic rings. The van der Waals surface area contributed by atoms with Crippen LogP contribution in [0.4, 0.5) is 4.39 Å². The monoisotopic (exact) mass is 177 g/mol. The Morgan fingerprint density at radius 2 is 2.38 bits per heavy atom. The van der Waals surface area contributed by atoms with Crippen LogP contribution < -0.4 is 0 Å². The van der Waals surface area contributed by atoms with E-state index in [4.69, 9.17) is 1.37 Å². The maximum atomic E-state index is 12.8. The topological polar surface area (TPSA) is 17.8 Å². The highest BCUT2D eigenvalue weighted by Crippen LogP contribution is 2.04. The zero-order chi connectivity index (χ0) is 9.97. The van der Waals surface area contributed by atoms with Crippen molar-refractivity contribution in [2.45, 2.75) is 6.54 Å². The number of rotatable bonds is 2. The number of aromatic nitrogens is 2. The average Bonchev–Trinajstić information content (AvgIpc) is 2.51. The molecule has 13 heavy (non-hydrogen) atoms. The molecular formula is C10H9FN2. The summed E-state index contributed by atoms with van der Waals surface area (Å²) in [5.41, 5.74) is 0.841. The summed E-state index contributed by atoms with van der Waals surface area (Å²) in [7, 11) is 0. The van der Waals surface area contributed by atoms with Gasteiger partial charge in [0.25, 0.3) is 0 Å². The Morgan fingerprint density at radius 1 is 1.46 bits per heavy atom. The Kier molecular flexibility index (Phi) is 1.78. The predicted molar refractivity (Wildman–Crippen MR) is 47.7 cm³/mol. The molecule has 2 rings (SSSR count). The number of halogens is 1. The molecule has 0 atom stereocenters. The third kappa shape index (κ3) is 1.93. The Labute approximate surface area is 77.0 Å². The minimum absolute atomic E-state index is 0.224. The molecule has 0 bridgehead atoms. The zero-order valence-corrected chi connectivity index (χ0v) is 6.94. The van der Waals surface area contributed by atoms with Crippen molar-refractivity contribution in [1.29, 1.82) is 0 Å². The van der Waals surface area contributed by atoms with Gasteiger partial charge in [-0.15, -0.1) is 0 Å². The van der Waals surface area contributed by atoms with Gasteiger partial charge in [-0.05, 0) is 23.8 Å². The van der Waals surface area contributed by atoms with Gasteiger partial charge in [0.15, 0.2) is 0 Å². The summed E-state index contributed by atoms with van der Waals surface area (Å²) in [4.78, 5) is 0. The lowest BCUT2D eigenvalue weighted by Crippen LogP contribution is -1.99. The first kappa shape index (κ1) is 6.83. The summed E-state index contributed by atoms with van der Waals surface area (Å²) in [6.45, 7) is 0.497. The lowest BCUT2D eigenvalue weighted by molar-refractivity contribution is 0.619. The van der Waals surface area contributed by atoms with Crippen LogP contribution in [-0.2, 0) is 6.54 Å². The molecule has 1 heterocycles. The number of hydrogen-bond acceptors (Lipinski definition) is 1. The molecule has 0 N–H and O–H groups in total. The van der Waals surface area contributed by atoms with E-state index in [2.05, 4.69) is 5.10 Å². The maximum absolute atomic E-state index is 12.8. The number of hydrogen-bond donors (Lipinski definition) is 0. The summed E-state index contributed by atoms with van der Waals surface area (Å²) >= 11 is 0. The van der Waals surface area contributed by atoms with Crippen LogP contribution in [0.5, 0.6) is 0 Å². The first-order valence-electron chi connectivity index (χ1n) is 4.48. The van der Waals surface area contributed by atoms with Crippen molar-refractivity contribution >= 4 is 0 Å². The second kappa shape index (κ2) is 3.39. The zero-order valence-electron chi connectivity index (χ0n) is 7.94. The minimum Gasteiger partial charge on any atom is -0.268 e. The molecule has 66 valence electrons. The standard InChI is InChI=1S/C10H9FN2/c11-10-4-1-3-9(7-10)8-13-6-2-5-12-13/h1-7H,8H2/i5D. The molecule has 0 aliphatic carbocycles. The average molecular weight is 177 g/mol. The minimum atomic E-state index is -0.249. The Balaban J connectivity index is 2.18. The van der Waals surface area contributed by atoms with Gasteiger partial charge in [0, 0.05) is 12.4 Å². The Bertz CT molecular complexity index is 439. The lowest BCUT2D eigenvalue weighted by atomic mass is 10.2. The van der Waals surface area contributed by atoms with Crippen molar-refractivity contribution in [2.75, 3.05) is 0 Å². The van der Waals surface area contributed by atoms with Crippen LogP contribution >= 0.6 is 0 Å². The molecule has 2 nitrogen and oxygen atoms in total. The van der Waals surface area contributed by atoms with Gasteiger partial charge in [0.1, 0.15) is 5.82 Å². The second-order valence-electron chi connectivity index (χ2n) is 2.77. The lowest BCUT2D eigenvalue weighted by Gasteiger charge is -2.00. The smallest absolute Gasteiger partial charge is 0.123 e. The molecule has 0 saturated carbocycles. The molecule has 0 saturated heterocycles. The van der Waals surface area contributed by atoms with Crippen molar-refractivity contribution in [2.24, 2.45) is 0 Å². The van der Waals surface area contributed by atoms with E-state index in [9.17, 15) is 4.39 Å². The van der Waals surface area contributed by atoms with E-state index in [0.29, 0.717) is 6.54 Å². The quantitative estimate of drug-likeness (QED) is 0.686. The fourth-order valence-corrected chi connectivity index (χ4v) is 1.17. The van der Waals surface area contributed by atoms with E-state index in [1.165, 1.54) is 12.1 Å². The second-order valence-corrected chi connectivity index (χ2v) is 2.77. The highest BCUT2D eigenvalue weighted by atomic mass is 19.1. The van der Waals surface area contributed by atoms with Crippen LogP contribution in [0, 0.1) is 5.82 Å². The van der Waals surface area contributed by atoms with Gasteiger partial charge in [-0.2, -0.15) is 5.10 Å². The highest BCUT2D eigenvalue weighted by molar-refractivity contribution is 5.16. The van der Waals surface area contributed by atoms with E-state index in [0.717, 1.165) is 5.56 Å². The van der Waals surface area contributed by atoms with E-state index >= 15 is 0 Å². The van der Waals surface area contributed by atoms with E-state index in [1.54, 1.807) is 23.0 Å².